The number of benzene rings is 2. The van der Waals surface area contributed by atoms with Crippen LogP contribution in [0.3, 0.4) is 0 Å². The first-order valence-electron chi connectivity index (χ1n) is 7.32. The Hall–Kier alpha value is -2.75. The monoisotopic (exact) mass is 369 g/mol. The Morgan fingerprint density at radius 2 is 1.84 bits per heavy atom. The van der Waals surface area contributed by atoms with E-state index in [1.165, 1.54) is 16.7 Å². The first-order chi connectivity index (χ1) is 12.1. The van der Waals surface area contributed by atoms with Crippen LogP contribution in [-0.4, -0.2) is 17.6 Å². The number of nitrogens with one attached hydrogen (secondary N) is 1. The molecule has 2 aromatic rings. The maximum atomic E-state index is 12.5. The van der Waals surface area contributed by atoms with Crippen LogP contribution in [0.5, 0.6) is 0 Å². The number of carbonyl (C=O) groups excluding carboxylic acids is 2. The molecule has 1 aliphatic rings. The molecule has 1 fully saturated rings. The lowest BCUT2D eigenvalue weighted by atomic mass is 10.2. The summed E-state index contributed by atoms with van der Waals surface area (Å²) < 4.78 is 0. The van der Waals surface area contributed by atoms with Crippen LogP contribution in [0, 0.1) is 11.3 Å². The zero-order valence-electron chi connectivity index (χ0n) is 12.9. The van der Waals surface area contributed by atoms with Crippen molar-refractivity contribution in [2.75, 3.05) is 16.0 Å². The Bertz CT molecular complexity index is 889. The topological polar surface area (TPSA) is 73.2 Å². The minimum atomic E-state index is -0.567. The van der Waals surface area contributed by atoms with E-state index in [1.807, 2.05) is 12.1 Å². The summed E-state index contributed by atoms with van der Waals surface area (Å²) >= 11 is 7.00. The maximum Gasteiger partial charge on any atom is 0.269 e. The van der Waals surface area contributed by atoms with Crippen molar-refractivity contribution in [3.8, 4) is 6.07 Å². The SMILES string of the molecule is N#C/C(C(=O)Nc1ccc(Cl)cc1)=C1\SCC(=O)N1c1ccccc1. The largest absolute Gasteiger partial charge is 0.321 e. The smallest absolute Gasteiger partial charge is 0.269 e. The molecule has 2 amide bonds. The lowest BCUT2D eigenvalue weighted by molar-refractivity contribution is -0.115. The average Bonchev–Trinajstić information content (AvgIpc) is 3.00. The number of halogens is 1. The van der Waals surface area contributed by atoms with Gasteiger partial charge in [0.2, 0.25) is 5.91 Å². The van der Waals surface area contributed by atoms with Crippen LogP contribution in [0.1, 0.15) is 0 Å². The normalized spacial score (nSPS) is 15.7. The van der Waals surface area contributed by atoms with Crippen molar-refractivity contribution in [2.24, 2.45) is 0 Å². The van der Waals surface area contributed by atoms with Crippen LogP contribution in [0.4, 0.5) is 11.4 Å². The minimum Gasteiger partial charge on any atom is -0.321 e. The van der Waals surface area contributed by atoms with Gasteiger partial charge in [-0.3, -0.25) is 14.5 Å². The van der Waals surface area contributed by atoms with E-state index >= 15 is 0 Å². The van der Waals surface area contributed by atoms with Crippen LogP contribution >= 0.6 is 23.4 Å². The molecule has 0 bridgehead atoms. The Morgan fingerprint density at radius 3 is 2.48 bits per heavy atom. The molecule has 124 valence electrons. The number of para-hydroxylation sites is 1. The molecule has 0 atom stereocenters. The zero-order valence-corrected chi connectivity index (χ0v) is 14.5. The van der Waals surface area contributed by atoms with Gasteiger partial charge >= 0.3 is 0 Å². The van der Waals surface area contributed by atoms with Gasteiger partial charge in [0.25, 0.3) is 5.91 Å². The molecule has 0 unspecified atom stereocenters. The van der Waals surface area contributed by atoms with Crippen LogP contribution in [-0.2, 0) is 9.59 Å². The second-order valence-corrected chi connectivity index (χ2v) is 6.51. The summed E-state index contributed by atoms with van der Waals surface area (Å²) in [5, 5.41) is 13.0. The van der Waals surface area contributed by atoms with Crippen molar-refractivity contribution < 1.29 is 9.59 Å². The van der Waals surface area contributed by atoms with Gasteiger partial charge in [-0.2, -0.15) is 5.26 Å². The van der Waals surface area contributed by atoms with E-state index in [-0.39, 0.29) is 17.2 Å². The number of nitrogens with zero attached hydrogens (tertiary/aromatic N) is 2. The molecule has 0 radical (unpaired) electrons. The molecule has 1 N–H and O–H groups in total. The highest BCUT2D eigenvalue weighted by atomic mass is 35.5. The molecule has 25 heavy (non-hydrogen) atoms. The standard InChI is InChI=1S/C18H12ClN3O2S/c19-12-6-8-13(9-7-12)21-17(24)15(10-20)18-22(16(23)11-25-18)14-4-2-1-3-5-14/h1-9H,11H2,(H,21,24)/b18-15+. The third-order valence-electron chi connectivity index (χ3n) is 3.45. The van der Waals surface area contributed by atoms with E-state index < -0.39 is 5.91 Å². The molecule has 1 heterocycles. The molecule has 0 aliphatic carbocycles. The Balaban J connectivity index is 1.94. The van der Waals surface area contributed by atoms with Crippen molar-refractivity contribution >= 4 is 46.6 Å². The van der Waals surface area contributed by atoms with Crippen molar-refractivity contribution in [1.82, 2.24) is 0 Å². The fourth-order valence-corrected chi connectivity index (χ4v) is 3.45. The highest BCUT2D eigenvalue weighted by Gasteiger charge is 2.33. The van der Waals surface area contributed by atoms with E-state index in [0.717, 1.165) is 0 Å². The number of nitriles is 1. The predicted molar refractivity (Wildman–Crippen MR) is 99.1 cm³/mol. The number of thioether (sulfide) groups is 1. The van der Waals surface area contributed by atoms with Gasteiger partial charge in [0.05, 0.1) is 5.75 Å². The number of amides is 2. The van der Waals surface area contributed by atoms with Crippen LogP contribution in [0.2, 0.25) is 5.02 Å². The van der Waals surface area contributed by atoms with Crippen molar-refractivity contribution in [3.63, 3.8) is 0 Å². The summed E-state index contributed by atoms with van der Waals surface area (Å²) in [7, 11) is 0. The summed E-state index contributed by atoms with van der Waals surface area (Å²) in [4.78, 5) is 26.2. The molecule has 2 aromatic carbocycles. The predicted octanol–water partition coefficient (Wildman–Crippen LogP) is 3.79. The van der Waals surface area contributed by atoms with Gasteiger partial charge in [-0.1, -0.05) is 41.6 Å². The van der Waals surface area contributed by atoms with Crippen molar-refractivity contribution in [1.29, 1.82) is 5.26 Å². The molecule has 0 saturated carbocycles. The van der Waals surface area contributed by atoms with Crippen molar-refractivity contribution in [3.05, 3.63) is 70.2 Å². The fraction of sp³-hybridized carbons (Fsp3) is 0.0556. The van der Waals surface area contributed by atoms with Crippen LogP contribution in [0.15, 0.2) is 65.2 Å². The third kappa shape index (κ3) is 3.68. The molecular formula is C18H12ClN3O2S. The van der Waals surface area contributed by atoms with Gasteiger partial charge in [-0.15, -0.1) is 0 Å². The van der Waals surface area contributed by atoms with E-state index in [1.54, 1.807) is 48.5 Å². The summed E-state index contributed by atoms with van der Waals surface area (Å²) in [6, 6.07) is 17.4. The average molecular weight is 370 g/mol. The van der Waals surface area contributed by atoms with Crippen LogP contribution in [0.25, 0.3) is 0 Å². The van der Waals surface area contributed by atoms with Gasteiger partial charge < -0.3 is 5.32 Å². The van der Waals surface area contributed by atoms with Crippen molar-refractivity contribution in [2.45, 2.75) is 0 Å². The number of carbonyl (C=O) groups is 2. The molecule has 1 aliphatic heterocycles. The highest BCUT2D eigenvalue weighted by molar-refractivity contribution is 8.04. The van der Waals surface area contributed by atoms with Gasteiger partial charge in [0, 0.05) is 16.4 Å². The molecular weight excluding hydrogens is 358 g/mol. The number of hydrogen-bond donors (Lipinski definition) is 1. The number of hydrogen-bond acceptors (Lipinski definition) is 4. The fourth-order valence-electron chi connectivity index (χ4n) is 2.32. The van der Waals surface area contributed by atoms with E-state index in [4.69, 9.17) is 11.6 Å². The van der Waals surface area contributed by atoms with E-state index in [9.17, 15) is 14.9 Å². The van der Waals surface area contributed by atoms with Gasteiger partial charge in [-0.25, -0.2) is 0 Å². The number of anilines is 2. The molecule has 3 rings (SSSR count). The number of rotatable bonds is 3. The summed E-state index contributed by atoms with van der Waals surface area (Å²) in [6.45, 7) is 0. The Morgan fingerprint density at radius 1 is 1.16 bits per heavy atom. The molecule has 1 saturated heterocycles. The third-order valence-corrected chi connectivity index (χ3v) is 4.76. The van der Waals surface area contributed by atoms with E-state index in [0.29, 0.717) is 21.4 Å². The Kier molecular flexibility index (Phi) is 5.08. The zero-order chi connectivity index (χ0) is 17.8. The Labute approximate surface area is 153 Å². The van der Waals surface area contributed by atoms with E-state index in [2.05, 4.69) is 5.32 Å². The lowest BCUT2D eigenvalue weighted by Crippen LogP contribution is -2.26. The lowest BCUT2D eigenvalue weighted by Gasteiger charge is -2.18. The molecule has 5 nitrogen and oxygen atoms in total. The maximum absolute atomic E-state index is 12.5. The second kappa shape index (κ2) is 7.43. The first-order valence-corrected chi connectivity index (χ1v) is 8.68. The quantitative estimate of drug-likeness (QED) is 0.659. The second-order valence-electron chi connectivity index (χ2n) is 5.11. The summed E-state index contributed by atoms with van der Waals surface area (Å²) in [5.41, 5.74) is 1.04. The summed E-state index contributed by atoms with van der Waals surface area (Å²) in [6.07, 6.45) is 0. The van der Waals surface area contributed by atoms with Crippen LogP contribution < -0.4 is 10.2 Å². The molecule has 0 spiro atoms. The summed E-state index contributed by atoms with van der Waals surface area (Å²) in [5.74, 6) is -0.551. The highest BCUT2D eigenvalue weighted by Crippen LogP contribution is 2.36. The first kappa shape index (κ1) is 17.1. The van der Waals surface area contributed by atoms with Gasteiger partial charge in [0.1, 0.15) is 16.7 Å². The molecule has 7 heteroatoms. The van der Waals surface area contributed by atoms with Gasteiger partial charge in [0.15, 0.2) is 0 Å². The van der Waals surface area contributed by atoms with Gasteiger partial charge in [-0.05, 0) is 36.4 Å². The molecule has 0 aromatic heterocycles. The minimum absolute atomic E-state index is 0.102.